The van der Waals surface area contributed by atoms with Gasteiger partial charge in [-0.3, -0.25) is 14.9 Å². The van der Waals surface area contributed by atoms with E-state index >= 15 is 0 Å². The highest BCUT2D eigenvalue weighted by Gasteiger charge is 2.28. The van der Waals surface area contributed by atoms with Gasteiger partial charge >= 0.3 is 5.69 Å². The monoisotopic (exact) mass is 413 g/mol. The maximum absolute atomic E-state index is 12.8. The van der Waals surface area contributed by atoms with Crippen LogP contribution in [-0.2, 0) is 0 Å². The minimum Gasteiger partial charge on any atom is -0.431 e. The number of carbonyl (C=O) groups excluding carboxylic acids is 1. The van der Waals surface area contributed by atoms with Crippen LogP contribution in [0.25, 0.3) is 11.5 Å². The fourth-order valence-electron chi connectivity index (χ4n) is 3.18. The van der Waals surface area contributed by atoms with Crippen LogP contribution in [0.2, 0.25) is 5.02 Å². The van der Waals surface area contributed by atoms with Crippen LogP contribution in [0, 0.1) is 10.1 Å². The average molecular weight is 414 g/mol. The zero-order chi connectivity index (χ0) is 20.4. The number of pyridine rings is 1. The second-order valence-corrected chi connectivity index (χ2v) is 6.86. The molecule has 1 aliphatic rings. The minimum absolute atomic E-state index is 0.0475. The van der Waals surface area contributed by atoms with Crippen molar-refractivity contribution < 1.29 is 14.1 Å². The van der Waals surface area contributed by atoms with Crippen molar-refractivity contribution in [3.63, 3.8) is 0 Å². The molecular weight excluding hydrogens is 398 g/mol. The third kappa shape index (κ3) is 3.90. The van der Waals surface area contributed by atoms with Crippen molar-refractivity contribution in [1.82, 2.24) is 14.9 Å². The second kappa shape index (κ2) is 7.88. The molecule has 3 aromatic rings. The van der Waals surface area contributed by atoms with Gasteiger partial charge in [0.05, 0.1) is 11.1 Å². The molecule has 0 aliphatic carbocycles. The Morgan fingerprint density at radius 2 is 1.93 bits per heavy atom. The zero-order valence-electron chi connectivity index (χ0n) is 15.2. The van der Waals surface area contributed by atoms with Gasteiger partial charge in [0.25, 0.3) is 5.91 Å². The van der Waals surface area contributed by atoms with Crippen LogP contribution in [0.15, 0.2) is 53.2 Å². The molecule has 10 heteroatoms. The quantitative estimate of drug-likeness (QED) is 0.477. The molecule has 0 spiro atoms. The first-order valence-electron chi connectivity index (χ1n) is 8.88. The van der Waals surface area contributed by atoms with Gasteiger partial charge in [-0.15, -0.1) is 0 Å². The normalized spacial score (nSPS) is 14.1. The van der Waals surface area contributed by atoms with E-state index in [0.717, 1.165) is 0 Å². The Labute approximate surface area is 170 Å². The summed E-state index contributed by atoms with van der Waals surface area (Å²) >= 11 is 5.98. The third-order valence-electron chi connectivity index (χ3n) is 4.62. The number of hydrogen-bond acceptors (Lipinski definition) is 7. The smallest absolute Gasteiger partial charge is 0.311 e. The van der Waals surface area contributed by atoms with E-state index < -0.39 is 4.92 Å². The van der Waals surface area contributed by atoms with E-state index in [0.29, 0.717) is 48.5 Å². The predicted molar refractivity (Wildman–Crippen MR) is 106 cm³/mol. The lowest BCUT2D eigenvalue weighted by atomic mass is 10.2. The van der Waals surface area contributed by atoms with Crippen molar-refractivity contribution in [3.05, 3.63) is 69.7 Å². The van der Waals surface area contributed by atoms with Crippen LogP contribution in [0.4, 0.5) is 11.5 Å². The Balaban J connectivity index is 1.44. The number of nitrogens with zero attached hydrogens (tertiary/aromatic N) is 5. The molecule has 1 aliphatic heterocycles. The first-order valence-corrected chi connectivity index (χ1v) is 9.26. The number of piperazine rings is 1. The lowest BCUT2D eigenvalue weighted by Gasteiger charge is -2.34. The SMILES string of the molecule is O=C(c1cnc(-c2cccc(Cl)c2)o1)N1CCN(c2ncccc2[N+](=O)[O-])CC1. The first kappa shape index (κ1) is 18.9. The lowest BCUT2D eigenvalue weighted by Crippen LogP contribution is -2.49. The maximum Gasteiger partial charge on any atom is 0.311 e. The van der Waals surface area contributed by atoms with E-state index in [1.807, 2.05) is 0 Å². The molecule has 29 heavy (non-hydrogen) atoms. The van der Waals surface area contributed by atoms with E-state index in [4.69, 9.17) is 16.0 Å². The molecule has 0 radical (unpaired) electrons. The summed E-state index contributed by atoms with van der Waals surface area (Å²) in [7, 11) is 0. The van der Waals surface area contributed by atoms with Crippen LogP contribution < -0.4 is 4.90 Å². The maximum atomic E-state index is 12.8. The molecule has 0 N–H and O–H groups in total. The average Bonchev–Trinajstić information content (AvgIpc) is 3.24. The van der Waals surface area contributed by atoms with Gasteiger partial charge < -0.3 is 14.2 Å². The van der Waals surface area contributed by atoms with Crippen LogP contribution in [-0.4, -0.2) is 51.9 Å². The summed E-state index contributed by atoms with van der Waals surface area (Å²) in [5, 5.41) is 11.8. The summed E-state index contributed by atoms with van der Waals surface area (Å²) in [6.45, 7) is 1.64. The summed E-state index contributed by atoms with van der Waals surface area (Å²) in [5.41, 5.74) is 0.637. The summed E-state index contributed by atoms with van der Waals surface area (Å²) < 4.78 is 5.63. The van der Waals surface area contributed by atoms with Crippen molar-refractivity contribution in [1.29, 1.82) is 0 Å². The molecule has 0 saturated carbocycles. The number of anilines is 1. The van der Waals surface area contributed by atoms with Gasteiger partial charge in [-0.05, 0) is 24.3 Å². The zero-order valence-corrected chi connectivity index (χ0v) is 16.0. The van der Waals surface area contributed by atoms with Crippen LogP contribution in [0.3, 0.4) is 0 Å². The Bertz CT molecular complexity index is 1060. The number of aromatic nitrogens is 2. The Morgan fingerprint density at radius 1 is 1.14 bits per heavy atom. The fraction of sp³-hybridized carbons (Fsp3) is 0.211. The number of hydrogen-bond donors (Lipinski definition) is 0. The van der Waals surface area contributed by atoms with Crippen molar-refractivity contribution >= 4 is 29.0 Å². The van der Waals surface area contributed by atoms with Gasteiger partial charge in [-0.1, -0.05) is 17.7 Å². The van der Waals surface area contributed by atoms with Crippen molar-refractivity contribution in [2.24, 2.45) is 0 Å². The predicted octanol–water partition coefficient (Wildman–Crippen LogP) is 3.26. The Hall–Kier alpha value is -3.46. The lowest BCUT2D eigenvalue weighted by molar-refractivity contribution is -0.384. The highest BCUT2D eigenvalue weighted by atomic mass is 35.5. The number of carbonyl (C=O) groups is 1. The van der Waals surface area contributed by atoms with Crippen molar-refractivity contribution in [2.75, 3.05) is 31.1 Å². The van der Waals surface area contributed by atoms with Gasteiger partial charge in [0.1, 0.15) is 0 Å². The first-order chi connectivity index (χ1) is 14.0. The molecule has 1 amide bonds. The van der Waals surface area contributed by atoms with Gasteiger partial charge in [0.2, 0.25) is 17.5 Å². The van der Waals surface area contributed by atoms with Crippen molar-refractivity contribution in [2.45, 2.75) is 0 Å². The third-order valence-corrected chi connectivity index (χ3v) is 4.85. The van der Waals surface area contributed by atoms with Crippen LogP contribution in [0.1, 0.15) is 10.6 Å². The molecule has 0 bridgehead atoms. The van der Waals surface area contributed by atoms with E-state index in [9.17, 15) is 14.9 Å². The van der Waals surface area contributed by atoms with Gasteiger partial charge in [-0.25, -0.2) is 9.97 Å². The second-order valence-electron chi connectivity index (χ2n) is 6.42. The molecule has 148 valence electrons. The van der Waals surface area contributed by atoms with Gasteiger partial charge in [0.15, 0.2) is 0 Å². The van der Waals surface area contributed by atoms with Crippen LogP contribution >= 0.6 is 11.6 Å². The van der Waals surface area contributed by atoms with Crippen molar-refractivity contribution in [3.8, 4) is 11.5 Å². The summed E-state index contributed by atoms with van der Waals surface area (Å²) in [5.74, 6) is 0.490. The van der Waals surface area contributed by atoms with E-state index in [1.54, 1.807) is 34.1 Å². The molecule has 1 saturated heterocycles. The molecule has 1 aromatic carbocycles. The molecular formula is C19H16ClN5O4. The van der Waals surface area contributed by atoms with E-state index in [1.165, 1.54) is 24.5 Å². The van der Waals surface area contributed by atoms with E-state index in [2.05, 4.69) is 9.97 Å². The molecule has 2 aromatic heterocycles. The number of halogens is 1. The van der Waals surface area contributed by atoms with Gasteiger partial charge in [0, 0.05) is 49.0 Å². The number of amides is 1. The molecule has 0 unspecified atom stereocenters. The number of oxazole rings is 1. The number of nitro groups is 1. The highest BCUT2D eigenvalue weighted by Crippen LogP contribution is 2.27. The summed E-state index contributed by atoms with van der Waals surface area (Å²) in [6, 6.07) is 9.98. The number of benzene rings is 1. The van der Waals surface area contributed by atoms with E-state index in [-0.39, 0.29) is 17.4 Å². The number of rotatable bonds is 4. The van der Waals surface area contributed by atoms with Crippen LogP contribution in [0.5, 0.6) is 0 Å². The summed E-state index contributed by atoms with van der Waals surface area (Å²) in [6.07, 6.45) is 2.92. The van der Waals surface area contributed by atoms with Gasteiger partial charge in [-0.2, -0.15) is 0 Å². The molecule has 4 rings (SSSR count). The molecule has 0 atom stereocenters. The Morgan fingerprint density at radius 3 is 2.66 bits per heavy atom. The molecule has 1 fully saturated rings. The fourth-order valence-corrected chi connectivity index (χ4v) is 3.37. The Kier molecular flexibility index (Phi) is 5.13. The topological polar surface area (TPSA) is 106 Å². The molecule has 3 heterocycles. The standard InChI is InChI=1S/C19H16ClN5O4/c20-14-4-1-3-13(11-14)18-22-12-16(29-18)19(26)24-9-7-23(8-10-24)17-15(25(27)28)5-2-6-21-17/h1-6,11-12H,7-10H2. The molecule has 9 nitrogen and oxygen atoms in total. The highest BCUT2D eigenvalue weighted by molar-refractivity contribution is 6.30. The summed E-state index contributed by atoms with van der Waals surface area (Å²) in [4.78, 5) is 35.3. The largest absolute Gasteiger partial charge is 0.431 e. The minimum atomic E-state index is -0.453.